The highest BCUT2D eigenvalue weighted by atomic mass is 35.5. The van der Waals surface area contributed by atoms with Gasteiger partial charge in [0.25, 0.3) is 5.56 Å². The highest BCUT2D eigenvalue weighted by molar-refractivity contribution is 6.31. The number of rotatable bonds is 7. The Bertz CT molecular complexity index is 873. The Morgan fingerprint density at radius 3 is 2.65 bits per heavy atom. The maximum atomic E-state index is 13.0. The smallest absolute Gasteiger partial charge is 0.261 e. The van der Waals surface area contributed by atoms with Crippen molar-refractivity contribution in [2.24, 2.45) is 5.92 Å². The quantitative estimate of drug-likeness (QED) is 0.729. The van der Waals surface area contributed by atoms with Crippen LogP contribution >= 0.6 is 11.6 Å². The van der Waals surface area contributed by atoms with E-state index in [1.54, 1.807) is 22.8 Å². The van der Waals surface area contributed by atoms with Crippen LogP contribution < -0.4 is 5.56 Å². The molecule has 5 nitrogen and oxygen atoms in total. The third-order valence-corrected chi connectivity index (χ3v) is 5.23. The summed E-state index contributed by atoms with van der Waals surface area (Å²) in [6.45, 7) is 7.25. The molecule has 6 heteroatoms. The van der Waals surface area contributed by atoms with E-state index in [2.05, 4.69) is 6.92 Å². The van der Waals surface area contributed by atoms with Crippen molar-refractivity contribution in [3.8, 4) is 0 Å². The second-order valence-electron chi connectivity index (χ2n) is 6.91. The molecule has 1 unspecified atom stereocenters. The number of carbonyl (C=O) groups is 1. The minimum absolute atomic E-state index is 0.0714. The van der Waals surface area contributed by atoms with E-state index in [0.717, 1.165) is 25.7 Å². The first kappa shape index (κ1) is 18.9. The Hall–Kier alpha value is -1.88. The van der Waals surface area contributed by atoms with Crippen LogP contribution in [-0.2, 0) is 11.3 Å². The molecule has 26 heavy (non-hydrogen) atoms. The summed E-state index contributed by atoms with van der Waals surface area (Å²) < 4.78 is 1.70. The summed E-state index contributed by atoms with van der Waals surface area (Å²) in [6, 6.07) is 4.97. The van der Waals surface area contributed by atoms with Crippen LogP contribution in [0.15, 0.2) is 23.0 Å². The van der Waals surface area contributed by atoms with Crippen LogP contribution in [0.25, 0.3) is 10.9 Å². The van der Waals surface area contributed by atoms with Gasteiger partial charge in [-0.2, -0.15) is 0 Å². The zero-order valence-corrected chi connectivity index (χ0v) is 16.4. The first-order chi connectivity index (χ1) is 12.5. The Balaban J connectivity index is 2.15. The van der Waals surface area contributed by atoms with Crippen molar-refractivity contribution in [3.05, 3.63) is 39.4 Å². The van der Waals surface area contributed by atoms with Crippen molar-refractivity contribution >= 4 is 28.4 Å². The fraction of sp³-hybridized carbons (Fsp3) is 0.550. The number of amides is 1. The summed E-state index contributed by atoms with van der Waals surface area (Å²) in [6.07, 6.45) is 3.54. The summed E-state index contributed by atoms with van der Waals surface area (Å²) in [7, 11) is 0. The Kier molecular flexibility index (Phi) is 5.66. The maximum Gasteiger partial charge on any atom is 0.261 e. The van der Waals surface area contributed by atoms with Crippen LogP contribution in [-0.4, -0.2) is 26.9 Å². The third-order valence-electron chi connectivity index (χ3n) is 5.00. The highest BCUT2D eigenvalue weighted by Gasteiger charge is 2.37. The zero-order chi connectivity index (χ0) is 18.8. The van der Waals surface area contributed by atoms with E-state index in [4.69, 9.17) is 16.6 Å². The number of hydrogen-bond acceptors (Lipinski definition) is 3. The molecule has 0 saturated heterocycles. The van der Waals surface area contributed by atoms with Gasteiger partial charge in [0.05, 0.1) is 16.9 Å². The maximum absolute atomic E-state index is 13.0. The van der Waals surface area contributed by atoms with Gasteiger partial charge in [-0.05, 0) is 50.8 Å². The molecule has 1 saturated carbocycles. The Labute approximate surface area is 159 Å². The average molecular weight is 376 g/mol. The molecule has 1 fully saturated rings. The van der Waals surface area contributed by atoms with Crippen LogP contribution in [0.1, 0.15) is 58.3 Å². The molecular formula is C20H26ClN3O2. The molecule has 1 aliphatic carbocycles. The fourth-order valence-electron chi connectivity index (χ4n) is 3.54. The van der Waals surface area contributed by atoms with E-state index >= 15 is 0 Å². The molecule has 3 rings (SSSR count). The van der Waals surface area contributed by atoms with Gasteiger partial charge < -0.3 is 4.90 Å². The summed E-state index contributed by atoms with van der Waals surface area (Å²) in [5.41, 5.74) is 0.522. The molecule has 1 aromatic heterocycles. The number of benzene rings is 1. The van der Waals surface area contributed by atoms with Crippen LogP contribution in [0.5, 0.6) is 0 Å². The number of hydrogen-bond donors (Lipinski definition) is 0. The molecular weight excluding hydrogens is 350 g/mol. The average Bonchev–Trinajstić information content (AvgIpc) is 3.46. The molecule has 0 radical (unpaired) electrons. The predicted molar refractivity (Wildman–Crippen MR) is 104 cm³/mol. The normalized spacial score (nSPS) is 15.2. The van der Waals surface area contributed by atoms with E-state index in [-0.39, 0.29) is 23.4 Å². The summed E-state index contributed by atoms with van der Waals surface area (Å²) >= 11 is 6.11. The predicted octanol–water partition coefficient (Wildman–Crippen LogP) is 4.17. The Morgan fingerprint density at radius 1 is 1.35 bits per heavy atom. The van der Waals surface area contributed by atoms with Gasteiger partial charge in [0.1, 0.15) is 5.82 Å². The number of aromatic nitrogens is 2. The molecule has 140 valence electrons. The van der Waals surface area contributed by atoms with Gasteiger partial charge in [0, 0.05) is 24.0 Å². The molecule has 0 bridgehead atoms. The van der Waals surface area contributed by atoms with Crippen molar-refractivity contribution in [1.29, 1.82) is 0 Å². The van der Waals surface area contributed by atoms with E-state index in [9.17, 15) is 9.59 Å². The lowest BCUT2D eigenvalue weighted by Crippen LogP contribution is -2.40. The van der Waals surface area contributed by atoms with Crippen LogP contribution in [0.4, 0.5) is 0 Å². The lowest BCUT2D eigenvalue weighted by molar-refractivity contribution is -0.135. The van der Waals surface area contributed by atoms with E-state index in [1.807, 2.05) is 18.7 Å². The summed E-state index contributed by atoms with van der Waals surface area (Å²) in [5, 5.41) is 1.11. The van der Waals surface area contributed by atoms with Gasteiger partial charge >= 0.3 is 0 Å². The first-order valence-corrected chi connectivity index (χ1v) is 9.90. The minimum atomic E-state index is -0.195. The van der Waals surface area contributed by atoms with E-state index in [0.29, 0.717) is 34.8 Å². The molecule has 1 aliphatic rings. The van der Waals surface area contributed by atoms with Gasteiger partial charge in [-0.3, -0.25) is 14.2 Å². The molecule has 1 amide bonds. The summed E-state index contributed by atoms with van der Waals surface area (Å²) in [5.74, 6) is 1.01. The molecule has 1 atom stereocenters. The van der Waals surface area contributed by atoms with Crippen molar-refractivity contribution in [2.45, 2.75) is 59.0 Å². The van der Waals surface area contributed by atoms with E-state index in [1.165, 1.54) is 0 Å². The molecule has 0 aliphatic heterocycles. The zero-order valence-electron chi connectivity index (χ0n) is 15.7. The second kappa shape index (κ2) is 7.78. The molecule has 0 N–H and O–H groups in total. The van der Waals surface area contributed by atoms with Crippen molar-refractivity contribution in [2.75, 3.05) is 6.54 Å². The highest BCUT2D eigenvalue weighted by Crippen LogP contribution is 2.35. The third kappa shape index (κ3) is 3.50. The van der Waals surface area contributed by atoms with Crippen molar-refractivity contribution < 1.29 is 4.79 Å². The lowest BCUT2D eigenvalue weighted by atomic mass is 10.1. The number of nitrogens with zero attached hydrogens (tertiary/aromatic N) is 3. The molecule has 1 heterocycles. The van der Waals surface area contributed by atoms with Crippen LogP contribution in [0, 0.1) is 5.92 Å². The van der Waals surface area contributed by atoms with Gasteiger partial charge in [-0.15, -0.1) is 0 Å². The fourth-order valence-corrected chi connectivity index (χ4v) is 3.71. The SMILES string of the molecule is CCCN(C(=O)C1CC1)C(CC)c1nc2cc(Cl)ccc2c(=O)n1CC. The topological polar surface area (TPSA) is 55.2 Å². The molecule has 0 spiro atoms. The van der Waals surface area contributed by atoms with Gasteiger partial charge in [-0.1, -0.05) is 25.4 Å². The number of fused-ring (bicyclic) bond motifs is 1. The van der Waals surface area contributed by atoms with Gasteiger partial charge in [0.2, 0.25) is 5.91 Å². The largest absolute Gasteiger partial charge is 0.332 e. The number of halogens is 1. The monoisotopic (exact) mass is 375 g/mol. The van der Waals surface area contributed by atoms with E-state index < -0.39 is 0 Å². The Morgan fingerprint density at radius 2 is 2.08 bits per heavy atom. The van der Waals surface area contributed by atoms with Crippen molar-refractivity contribution in [1.82, 2.24) is 14.5 Å². The van der Waals surface area contributed by atoms with Crippen LogP contribution in [0.2, 0.25) is 5.02 Å². The number of carbonyl (C=O) groups excluding carboxylic acids is 1. The van der Waals surface area contributed by atoms with Gasteiger partial charge in [-0.25, -0.2) is 4.98 Å². The van der Waals surface area contributed by atoms with Crippen LogP contribution in [0.3, 0.4) is 0 Å². The molecule has 1 aromatic carbocycles. The first-order valence-electron chi connectivity index (χ1n) is 9.52. The second-order valence-corrected chi connectivity index (χ2v) is 7.35. The molecule has 2 aromatic rings. The minimum Gasteiger partial charge on any atom is -0.332 e. The van der Waals surface area contributed by atoms with Crippen molar-refractivity contribution in [3.63, 3.8) is 0 Å². The standard InChI is InChI=1S/C20H26ClN3O2/c1-4-11-24(19(25)13-7-8-13)17(5-2)18-22-16-12-14(21)9-10-15(16)20(26)23(18)6-3/h9-10,12-13,17H,4-8,11H2,1-3H3. The summed E-state index contributed by atoms with van der Waals surface area (Å²) in [4.78, 5) is 32.6. The lowest BCUT2D eigenvalue weighted by Gasteiger charge is -2.32. The van der Waals surface area contributed by atoms with Gasteiger partial charge in [0.15, 0.2) is 0 Å².